The van der Waals surface area contributed by atoms with Gasteiger partial charge in [-0.2, -0.15) is 0 Å². The van der Waals surface area contributed by atoms with Crippen molar-refractivity contribution in [3.8, 4) is 0 Å². The molecule has 9 heteroatoms. The van der Waals surface area contributed by atoms with Crippen molar-refractivity contribution in [1.29, 1.82) is 0 Å². The zero-order valence-electron chi connectivity index (χ0n) is 18.4. The number of carbonyl (C=O) groups is 1. The van der Waals surface area contributed by atoms with Crippen molar-refractivity contribution in [2.75, 3.05) is 0 Å². The third-order valence-electron chi connectivity index (χ3n) is 5.54. The van der Waals surface area contributed by atoms with Crippen LogP contribution in [0.2, 0.25) is 0 Å². The number of amides is 1. The maximum absolute atomic E-state index is 13.2. The van der Waals surface area contributed by atoms with Gasteiger partial charge in [0.15, 0.2) is 5.16 Å². The van der Waals surface area contributed by atoms with Crippen LogP contribution in [-0.4, -0.2) is 25.0 Å². The number of hydrogen-bond acceptors (Lipinski definition) is 6. The fourth-order valence-corrected chi connectivity index (χ4v) is 4.73. The summed E-state index contributed by atoms with van der Waals surface area (Å²) in [4.78, 5) is 46.3. The molecule has 0 bridgehead atoms. The van der Waals surface area contributed by atoms with Crippen molar-refractivity contribution in [1.82, 2.24) is 19.1 Å². The van der Waals surface area contributed by atoms with Gasteiger partial charge in [-0.15, -0.1) is 0 Å². The molecule has 2 heterocycles. The summed E-state index contributed by atoms with van der Waals surface area (Å²) in [6.07, 6.45) is 2.55. The predicted octanol–water partition coefficient (Wildman–Crippen LogP) is 2.98. The summed E-state index contributed by atoms with van der Waals surface area (Å²) in [7, 11) is 1.71. The highest BCUT2D eigenvalue weighted by atomic mass is 32.2. The van der Waals surface area contributed by atoms with Crippen LogP contribution in [0.4, 0.5) is 0 Å². The third kappa shape index (κ3) is 4.98. The van der Waals surface area contributed by atoms with Gasteiger partial charge in [0.05, 0.1) is 27.6 Å². The van der Waals surface area contributed by atoms with Gasteiger partial charge in [0.2, 0.25) is 5.91 Å². The molecule has 0 fully saturated rings. The van der Waals surface area contributed by atoms with Crippen LogP contribution in [0.5, 0.6) is 0 Å². The van der Waals surface area contributed by atoms with E-state index in [1.54, 1.807) is 28.3 Å². The monoisotopic (exact) mass is 463 g/mol. The Kier molecular flexibility index (Phi) is 6.88. The minimum Gasteiger partial charge on any atom is -0.370 e. The number of rotatable bonds is 9. The highest BCUT2D eigenvalue weighted by Gasteiger charge is 2.14. The first kappa shape index (κ1) is 22.7. The largest absolute Gasteiger partial charge is 0.370 e. The van der Waals surface area contributed by atoms with Crippen molar-refractivity contribution in [3.05, 3.63) is 75.1 Å². The van der Waals surface area contributed by atoms with Gasteiger partial charge in [-0.1, -0.05) is 42.4 Å². The smallest absolute Gasteiger partial charge is 0.262 e. The van der Waals surface area contributed by atoms with Gasteiger partial charge >= 0.3 is 0 Å². The summed E-state index contributed by atoms with van der Waals surface area (Å²) in [5.41, 5.74) is 6.29. The molecule has 0 aliphatic rings. The Bertz CT molecular complexity index is 1440. The van der Waals surface area contributed by atoms with Crippen LogP contribution >= 0.6 is 11.8 Å². The van der Waals surface area contributed by atoms with Gasteiger partial charge < -0.3 is 5.73 Å². The molecule has 0 saturated heterocycles. The first-order chi connectivity index (χ1) is 16.0. The molecular formula is C24H25N5O3S. The van der Waals surface area contributed by atoms with E-state index in [-0.39, 0.29) is 17.0 Å². The van der Waals surface area contributed by atoms with Crippen LogP contribution in [-0.2, 0) is 24.1 Å². The van der Waals surface area contributed by atoms with Crippen LogP contribution in [0.25, 0.3) is 21.8 Å². The Morgan fingerprint density at radius 1 is 0.909 bits per heavy atom. The molecular weight excluding hydrogens is 438 g/mol. The summed E-state index contributed by atoms with van der Waals surface area (Å²) >= 11 is 1.38. The second kappa shape index (κ2) is 9.99. The van der Waals surface area contributed by atoms with Gasteiger partial charge in [-0.3, -0.25) is 23.5 Å². The normalized spacial score (nSPS) is 11.3. The summed E-state index contributed by atoms with van der Waals surface area (Å²) in [6.45, 7) is 0.488. The van der Waals surface area contributed by atoms with E-state index in [4.69, 9.17) is 10.7 Å². The number of thioether (sulfide) groups is 1. The fourth-order valence-electron chi connectivity index (χ4n) is 3.72. The van der Waals surface area contributed by atoms with E-state index in [9.17, 15) is 14.4 Å². The molecule has 0 aliphatic heterocycles. The molecule has 33 heavy (non-hydrogen) atoms. The number of hydrogen-bond donors (Lipinski definition) is 1. The maximum Gasteiger partial charge on any atom is 0.262 e. The average molecular weight is 464 g/mol. The average Bonchev–Trinajstić information content (AvgIpc) is 2.81. The van der Waals surface area contributed by atoms with E-state index in [1.807, 2.05) is 36.4 Å². The Balaban J connectivity index is 1.63. The first-order valence-electron chi connectivity index (χ1n) is 10.8. The molecule has 170 valence electrons. The molecule has 0 aliphatic carbocycles. The molecule has 0 saturated carbocycles. The molecule has 8 nitrogen and oxygen atoms in total. The van der Waals surface area contributed by atoms with E-state index >= 15 is 0 Å². The predicted molar refractivity (Wildman–Crippen MR) is 130 cm³/mol. The molecule has 1 amide bonds. The molecule has 0 atom stereocenters. The van der Waals surface area contributed by atoms with Gasteiger partial charge in [0.25, 0.3) is 11.1 Å². The van der Waals surface area contributed by atoms with E-state index in [1.165, 1.54) is 11.8 Å². The van der Waals surface area contributed by atoms with Crippen LogP contribution in [0, 0.1) is 0 Å². The van der Waals surface area contributed by atoms with Crippen LogP contribution in [0.1, 0.15) is 31.5 Å². The topological polar surface area (TPSA) is 113 Å². The highest BCUT2D eigenvalue weighted by molar-refractivity contribution is 7.98. The summed E-state index contributed by atoms with van der Waals surface area (Å²) in [5.74, 6) is 0.687. The molecule has 2 N–H and O–H groups in total. The minimum absolute atomic E-state index is 0.0987. The lowest BCUT2D eigenvalue weighted by atomic mass is 10.2. The van der Waals surface area contributed by atoms with E-state index in [2.05, 4.69) is 4.98 Å². The maximum atomic E-state index is 13.2. The molecule has 2 aromatic carbocycles. The SMILES string of the molecule is Cn1c(CSc2nc3ccccc3c(=O)n2CCCCCC(N)=O)nc2ccccc2c1=O. The summed E-state index contributed by atoms with van der Waals surface area (Å²) in [5, 5.41) is 1.72. The molecule has 0 radical (unpaired) electrons. The molecule has 0 spiro atoms. The molecule has 0 unspecified atom stereocenters. The van der Waals surface area contributed by atoms with Gasteiger partial charge in [-0.05, 0) is 37.1 Å². The second-order valence-corrected chi connectivity index (χ2v) is 8.79. The van der Waals surface area contributed by atoms with Gasteiger partial charge in [0, 0.05) is 20.0 Å². The van der Waals surface area contributed by atoms with Crippen molar-refractivity contribution in [2.24, 2.45) is 12.8 Å². The lowest BCUT2D eigenvalue weighted by Gasteiger charge is -2.14. The number of primary amides is 1. The van der Waals surface area contributed by atoms with Gasteiger partial charge in [-0.25, -0.2) is 9.97 Å². The minimum atomic E-state index is -0.315. The second-order valence-electron chi connectivity index (χ2n) is 7.84. The Morgan fingerprint density at radius 3 is 2.24 bits per heavy atom. The van der Waals surface area contributed by atoms with Crippen molar-refractivity contribution < 1.29 is 4.79 Å². The van der Waals surface area contributed by atoms with Crippen molar-refractivity contribution in [3.63, 3.8) is 0 Å². The highest BCUT2D eigenvalue weighted by Crippen LogP contribution is 2.22. The van der Waals surface area contributed by atoms with E-state index in [0.29, 0.717) is 57.9 Å². The number of benzene rings is 2. The van der Waals surface area contributed by atoms with E-state index in [0.717, 1.165) is 12.8 Å². The Hall–Kier alpha value is -3.46. The van der Waals surface area contributed by atoms with Crippen molar-refractivity contribution in [2.45, 2.75) is 43.1 Å². The standard InChI is InChI=1S/C24H25N5O3S/c1-28-21(26-18-11-6-4-9-16(18)22(28)31)15-33-24-27-19-12-7-5-10-17(19)23(32)29(24)14-8-2-3-13-20(25)30/h4-7,9-12H,2-3,8,13-15H2,1H3,(H2,25,30). The number of aromatic nitrogens is 4. The fraction of sp³-hybridized carbons (Fsp3) is 0.292. The summed E-state index contributed by atoms with van der Waals surface area (Å²) < 4.78 is 3.22. The Morgan fingerprint density at radius 2 is 1.55 bits per heavy atom. The molecule has 2 aromatic heterocycles. The zero-order chi connectivity index (χ0) is 23.4. The quantitative estimate of drug-likeness (QED) is 0.232. The lowest BCUT2D eigenvalue weighted by molar-refractivity contribution is -0.118. The Labute approximate surface area is 194 Å². The number of unbranched alkanes of at least 4 members (excludes halogenated alkanes) is 2. The van der Waals surface area contributed by atoms with E-state index < -0.39 is 0 Å². The van der Waals surface area contributed by atoms with Crippen LogP contribution < -0.4 is 16.9 Å². The zero-order valence-corrected chi connectivity index (χ0v) is 19.2. The number of para-hydroxylation sites is 2. The van der Waals surface area contributed by atoms with Crippen LogP contribution in [0.3, 0.4) is 0 Å². The first-order valence-corrected chi connectivity index (χ1v) is 11.8. The number of nitrogens with zero attached hydrogens (tertiary/aromatic N) is 4. The van der Waals surface area contributed by atoms with Gasteiger partial charge in [0.1, 0.15) is 5.82 Å². The van der Waals surface area contributed by atoms with Crippen molar-refractivity contribution >= 4 is 39.5 Å². The third-order valence-corrected chi connectivity index (χ3v) is 6.51. The molecule has 4 rings (SSSR count). The number of carbonyl (C=O) groups excluding carboxylic acids is 1. The number of nitrogens with two attached hydrogens (primary N) is 1. The summed E-state index contributed by atoms with van der Waals surface area (Å²) in [6, 6.07) is 14.5. The molecule has 4 aromatic rings. The van der Waals surface area contributed by atoms with Crippen LogP contribution in [0.15, 0.2) is 63.3 Å². The lowest BCUT2D eigenvalue weighted by Crippen LogP contribution is -2.24. The number of fused-ring (bicyclic) bond motifs is 2.